The number of pyridine rings is 1. The zero-order valence-corrected chi connectivity index (χ0v) is 13.1. The van der Waals surface area contributed by atoms with Crippen LogP contribution >= 0.6 is 0 Å². The number of imidazole rings is 1. The van der Waals surface area contributed by atoms with Gasteiger partial charge in [-0.15, -0.1) is 0 Å². The Kier molecular flexibility index (Phi) is 3.52. The Morgan fingerprint density at radius 1 is 1.00 bits per heavy atom. The van der Waals surface area contributed by atoms with Crippen LogP contribution in [-0.2, 0) is 6.54 Å². The van der Waals surface area contributed by atoms with Gasteiger partial charge in [0.05, 0.1) is 11.4 Å². The standard InChI is InChI=1S/C18H21N3/c1-13-5-7-15(8-6-13)18-16(12-20(3)4)21-10-9-14(2)11-17(21)19-18/h5-11H,12H2,1-4H3. The lowest BCUT2D eigenvalue weighted by atomic mass is 10.1. The smallest absolute Gasteiger partial charge is 0.137 e. The molecule has 0 aliphatic heterocycles. The Bertz CT molecular complexity index is 767. The molecule has 2 heterocycles. The van der Waals surface area contributed by atoms with E-state index in [-0.39, 0.29) is 0 Å². The molecule has 0 unspecified atom stereocenters. The Hall–Kier alpha value is -2.13. The molecule has 0 N–H and O–H groups in total. The van der Waals surface area contributed by atoms with Gasteiger partial charge in [0.1, 0.15) is 5.65 Å². The average molecular weight is 279 g/mol. The minimum absolute atomic E-state index is 0.868. The van der Waals surface area contributed by atoms with E-state index < -0.39 is 0 Å². The van der Waals surface area contributed by atoms with Crippen molar-refractivity contribution in [3.05, 3.63) is 59.4 Å². The summed E-state index contributed by atoms with van der Waals surface area (Å²) < 4.78 is 2.20. The van der Waals surface area contributed by atoms with E-state index in [0.717, 1.165) is 17.9 Å². The van der Waals surface area contributed by atoms with Crippen LogP contribution in [0.2, 0.25) is 0 Å². The van der Waals surface area contributed by atoms with Crippen molar-refractivity contribution in [1.82, 2.24) is 14.3 Å². The molecule has 0 radical (unpaired) electrons. The van der Waals surface area contributed by atoms with Gasteiger partial charge in [0.2, 0.25) is 0 Å². The van der Waals surface area contributed by atoms with Crippen LogP contribution in [0.4, 0.5) is 0 Å². The monoisotopic (exact) mass is 279 g/mol. The lowest BCUT2D eigenvalue weighted by molar-refractivity contribution is 0.396. The minimum atomic E-state index is 0.868. The lowest BCUT2D eigenvalue weighted by Gasteiger charge is -2.11. The van der Waals surface area contributed by atoms with E-state index in [4.69, 9.17) is 4.98 Å². The van der Waals surface area contributed by atoms with E-state index in [1.165, 1.54) is 22.4 Å². The molecule has 0 bridgehead atoms. The summed E-state index contributed by atoms with van der Waals surface area (Å²) >= 11 is 0. The molecule has 0 atom stereocenters. The second-order valence-corrected chi connectivity index (χ2v) is 5.94. The third-order valence-electron chi connectivity index (χ3n) is 3.67. The molecule has 3 heteroatoms. The zero-order chi connectivity index (χ0) is 15.0. The number of aryl methyl sites for hydroxylation is 2. The highest BCUT2D eigenvalue weighted by Gasteiger charge is 2.14. The number of hydrogen-bond donors (Lipinski definition) is 0. The molecule has 3 aromatic rings. The number of fused-ring (bicyclic) bond motifs is 1. The number of benzene rings is 1. The van der Waals surface area contributed by atoms with Crippen molar-refractivity contribution < 1.29 is 0 Å². The van der Waals surface area contributed by atoms with Crippen molar-refractivity contribution in [2.75, 3.05) is 14.1 Å². The summed E-state index contributed by atoms with van der Waals surface area (Å²) in [6.07, 6.45) is 2.12. The van der Waals surface area contributed by atoms with Crippen LogP contribution in [0, 0.1) is 13.8 Å². The van der Waals surface area contributed by atoms with Crippen molar-refractivity contribution in [1.29, 1.82) is 0 Å². The van der Waals surface area contributed by atoms with Gasteiger partial charge in [-0.1, -0.05) is 29.8 Å². The Balaban J connectivity index is 2.22. The molecule has 3 rings (SSSR count). The quantitative estimate of drug-likeness (QED) is 0.729. The first-order chi connectivity index (χ1) is 10.0. The predicted octanol–water partition coefficient (Wildman–Crippen LogP) is 3.68. The molecule has 0 aliphatic rings. The van der Waals surface area contributed by atoms with Gasteiger partial charge in [0, 0.05) is 18.3 Å². The molecule has 0 amide bonds. The predicted molar refractivity (Wildman–Crippen MR) is 87.5 cm³/mol. The SMILES string of the molecule is Cc1ccc(-c2nc3cc(C)ccn3c2CN(C)C)cc1. The molecule has 0 spiro atoms. The summed E-state index contributed by atoms with van der Waals surface area (Å²) in [4.78, 5) is 7.04. The van der Waals surface area contributed by atoms with Gasteiger partial charge in [-0.05, 0) is 45.6 Å². The minimum Gasteiger partial charge on any atom is -0.304 e. The molecule has 0 saturated heterocycles. The van der Waals surface area contributed by atoms with Gasteiger partial charge < -0.3 is 9.30 Å². The molecule has 0 aliphatic carbocycles. The zero-order valence-electron chi connectivity index (χ0n) is 13.1. The third kappa shape index (κ3) is 2.69. The average Bonchev–Trinajstić information content (AvgIpc) is 2.77. The van der Waals surface area contributed by atoms with Crippen LogP contribution in [0.25, 0.3) is 16.9 Å². The van der Waals surface area contributed by atoms with Crippen LogP contribution in [0.1, 0.15) is 16.8 Å². The largest absolute Gasteiger partial charge is 0.304 e. The topological polar surface area (TPSA) is 20.5 Å². The van der Waals surface area contributed by atoms with Crippen LogP contribution in [0.5, 0.6) is 0 Å². The van der Waals surface area contributed by atoms with Crippen molar-refractivity contribution in [3.8, 4) is 11.3 Å². The maximum atomic E-state index is 4.86. The van der Waals surface area contributed by atoms with Crippen molar-refractivity contribution >= 4 is 5.65 Å². The van der Waals surface area contributed by atoms with Crippen molar-refractivity contribution in [2.24, 2.45) is 0 Å². The van der Waals surface area contributed by atoms with E-state index in [1.807, 2.05) is 0 Å². The second kappa shape index (κ2) is 5.34. The molecular formula is C18H21N3. The highest BCUT2D eigenvalue weighted by Crippen LogP contribution is 2.26. The Morgan fingerprint density at radius 3 is 2.38 bits per heavy atom. The highest BCUT2D eigenvalue weighted by molar-refractivity contribution is 5.67. The molecule has 1 aromatic carbocycles. The molecule has 21 heavy (non-hydrogen) atoms. The summed E-state index contributed by atoms with van der Waals surface area (Å²) in [7, 11) is 4.18. The fourth-order valence-corrected chi connectivity index (χ4v) is 2.59. The number of nitrogens with zero attached hydrogens (tertiary/aromatic N) is 3. The van der Waals surface area contributed by atoms with Crippen LogP contribution in [-0.4, -0.2) is 28.4 Å². The van der Waals surface area contributed by atoms with Crippen molar-refractivity contribution in [3.63, 3.8) is 0 Å². The normalized spacial score (nSPS) is 11.5. The van der Waals surface area contributed by atoms with Crippen molar-refractivity contribution in [2.45, 2.75) is 20.4 Å². The van der Waals surface area contributed by atoms with Crippen LogP contribution in [0.15, 0.2) is 42.6 Å². The molecule has 3 nitrogen and oxygen atoms in total. The summed E-state index contributed by atoms with van der Waals surface area (Å²) in [5.74, 6) is 0. The Morgan fingerprint density at radius 2 is 1.71 bits per heavy atom. The van der Waals surface area contributed by atoms with E-state index in [0.29, 0.717) is 0 Å². The van der Waals surface area contributed by atoms with Gasteiger partial charge in [-0.25, -0.2) is 4.98 Å². The first kappa shape index (κ1) is 13.8. The third-order valence-corrected chi connectivity index (χ3v) is 3.67. The molecule has 108 valence electrons. The van der Waals surface area contributed by atoms with E-state index in [1.54, 1.807) is 0 Å². The first-order valence-corrected chi connectivity index (χ1v) is 7.24. The molecule has 0 saturated carbocycles. The lowest BCUT2D eigenvalue weighted by Crippen LogP contribution is -2.13. The van der Waals surface area contributed by atoms with Gasteiger partial charge in [0.15, 0.2) is 0 Å². The van der Waals surface area contributed by atoms with Crippen LogP contribution < -0.4 is 0 Å². The van der Waals surface area contributed by atoms with Gasteiger partial charge in [-0.3, -0.25) is 0 Å². The summed E-state index contributed by atoms with van der Waals surface area (Å²) in [6, 6.07) is 12.9. The van der Waals surface area contributed by atoms with Gasteiger partial charge in [-0.2, -0.15) is 0 Å². The molecular weight excluding hydrogens is 258 g/mol. The fourth-order valence-electron chi connectivity index (χ4n) is 2.59. The van der Waals surface area contributed by atoms with Gasteiger partial charge >= 0.3 is 0 Å². The molecule has 2 aromatic heterocycles. The maximum Gasteiger partial charge on any atom is 0.137 e. The van der Waals surface area contributed by atoms with E-state index >= 15 is 0 Å². The number of hydrogen-bond acceptors (Lipinski definition) is 2. The molecule has 0 fully saturated rings. The number of rotatable bonds is 3. The van der Waals surface area contributed by atoms with E-state index in [2.05, 4.69) is 79.8 Å². The summed E-state index contributed by atoms with van der Waals surface area (Å²) in [5, 5.41) is 0. The summed E-state index contributed by atoms with van der Waals surface area (Å²) in [5.41, 5.74) is 7.02. The number of aromatic nitrogens is 2. The van der Waals surface area contributed by atoms with Gasteiger partial charge in [0.25, 0.3) is 0 Å². The fraction of sp³-hybridized carbons (Fsp3) is 0.278. The summed E-state index contributed by atoms with van der Waals surface area (Å²) in [6.45, 7) is 5.08. The van der Waals surface area contributed by atoms with E-state index in [9.17, 15) is 0 Å². The second-order valence-electron chi connectivity index (χ2n) is 5.94. The first-order valence-electron chi connectivity index (χ1n) is 7.24. The maximum absolute atomic E-state index is 4.86. The Labute approximate surface area is 125 Å². The highest BCUT2D eigenvalue weighted by atomic mass is 15.1. The van der Waals surface area contributed by atoms with Crippen LogP contribution in [0.3, 0.4) is 0 Å².